The fourth-order valence-corrected chi connectivity index (χ4v) is 4.54. The highest BCUT2D eigenvalue weighted by atomic mass is 32.2. The molecule has 118 valence electrons. The number of nitriles is 1. The minimum Gasteiger partial charge on any atom is -0.301 e. The number of carbonyl (C=O) groups excluding carboxylic acids is 1. The Morgan fingerprint density at radius 1 is 1.43 bits per heavy atom. The van der Waals surface area contributed by atoms with E-state index in [4.69, 9.17) is 0 Å². The van der Waals surface area contributed by atoms with Crippen molar-refractivity contribution in [2.75, 3.05) is 11.1 Å². The number of hydrogen-bond donors (Lipinski definition) is 1. The third-order valence-corrected chi connectivity index (χ3v) is 5.65. The van der Waals surface area contributed by atoms with E-state index in [0.717, 1.165) is 36.2 Å². The zero-order valence-corrected chi connectivity index (χ0v) is 14.6. The second-order valence-corrected chi connectivity index (χ2v) is 7.50. The van der Waals surface area contributed by atoms with Crippen LogP contribution in [0.5, 0.6) is 0 Å². The molecule has 0 unspecified atom stereocenters. The number of hydrogen-bond acceptors (Lipinski definition) is 6. The molecule has 1 aliphatic carbocycles. The lowest BCUT2D eigenvalue weighted by molar-refractivity contribution is -0.113. The fraction of sp³-hybridized carbons (Fsp3) is 0.375. The third kappa shape index (κ3) is 3.54. The molecule has 0 radical (unpaired) electrons. The monoisotopic (exact) mass is 344 g/mol. The quantitative estimate of drug-likeness (QED) is 0.861. The van der Waals surface area contributed by atoms with Gasteiger partial charge in [-0.15, -0.1) is 11.3 Å². The number of aromatic nitrogens is 2. The van der Waals surface area contributed by atoms with Crippen molar-refractivity contribution in [2.24, 2.45) is 0 Å². The van der Waals surface area contributed by atoms with Crippen molar-refractivity contribution >= 4 is 34.1 Å². The molecule has 1 aliphatic rings. The molecule has 0 saturated carbocycles. The zero-order valence-electron chi connectivity index (χ0n) is 13.0. The molecular weight excluding hydrogens is 328 g/mol. The van der Waals surface area contributed by atoms with Crippen molar-refractivity contribution in [3.63, 3.8) is 0 Å². The van der Waals surface area contributed by atoms with Gasteiger partial charge in [-0.2, -0.15) is 5.26 Å². The number of carbonyl (C=O) groups is 1. The van der Waals surface area contributed by atoms with Gasteiger partial charge in [0, 0.05) is 10.6 Å². The van der Waals surface area contributed by atoms with Crippen LogP contribution in [0.25, 0.3) is 0 Å². The highest BCUT2D eigenvalue weighted by Crippen LogP contribution is 2.30. The molecule has 0 atom stereocenters. The van der Waals surface area contributed by atoms with E-state index >= 15 is 0 Å². The van der Waals surface area contributed by atoms with Gasteiger partial charge in [0.15, 0.2) is 5.13 Å². The summed E-state index contributed by atoms with van der Waals surface area (Å²) in [4.78, 5) is 22.2. The van der Waals surface area contributed by atoms with Crippen molar-refractivity contribution in [1.82, 2.24) is 9.97 Å². The molecule has 3 rings (SSSR count). The second-order valence-electron chi connectivity index (χ2n) is 5.45. The number of nitrogens with one attached hydrogen (secondary N) is 1. The van der Waals surface area contributed by atoms with E-state index in [2.05, 4.69) is 21.4 Å². The van der Waals surface area contributed by atoms with Gasteiger partial charge in [-0.3, -0.25) is 4.79 Å². The van der Waals surface area contributed by atoms with Crippen LogP contribution in [0.15, 0.2) is 11.1 Å². The first kappa shape index (κ1) is 16.0. The van der Waals surface area contributed by atoms with E-state index < -0.39 is 0 Å². The first-order valence-corrected chi connectivity index (χ1v) is 9.16. The minimum atomic E-state index is -0.118. The number of amides is 1. The van der Waals surface area contributed by atoms with Gasteiger partial charge in [0.25, 0.3) is 0 Å². The van der Waals surface area contributed by atoms with Crippen LogP contribution in [-0.4, -0.2) is 21.6 Å². The van der Waals surface area contributed by atoms with E-state index in [1.54, 1.807) is 11.3 Å². The molecule has 2 aromatic heterocycles. The normalized spacial score (nSPS) is 12.7. The Balaban J connectivity index is 1.64. The molecule has 2 aromatic rings. The molecular formula is C16H16N4OS2. The van der Waals surface area contributed by atoms with Gasteiger partial charge in [-0.25, -0.2) is 9.97 Å². The minimum absolute atomic E-state index is 0.118. The van der Waals surface area contributed by atoms with Gasteiger partial charge >= 0.3 is 0 Å². The molecule has 0 aliphatic heterocycles. The molecule has 0 spiro atoms. The molecule has 0 bridgehead atoms. The van der Waals surface area contributed by atoms with E-state index in [0.29, 0.717) is 15.7 Å². The predicted molar refractivity (Wildman–Crippen MR) is 91.9 cm³/mol. The van der Waals surface area contributed by atoms with Crippen molar-refractivity contribution in [2.45, 2.75) is 38.1 Å². The first-order chi connectivity index (χ1) is 11.1. The Hall–Kier alpha value is -1.91. The number of nitrogens with zero attached hydrogens (tertiary/aromatic N) is 3. The zero-order chi connectivity index (χ0) is 16.4. The summed E-state index contributed by atoms with van der Waals surface area (Å²) >= 11 is 2.85. The predicted octanol–water partition coefficient (Wildman–Crippen LogP) is 3.25. The summed E-state index contributed by atoms with van der Waals surface area (Å²) in [5.74, 6) is 0.0988. The average Bonchev–Trinajstić information content (AvgIpc) is 3.05. The molecule has 7 heteroatoms. The summed E-state index contributed by atoms with van der Waals surface area (Å²) in [6.07, 6.45) is 3.23. The Bertz CT molecular complexity index is 786. The second kappa shape index (κ2) is 6.69. The van der Waals surface area contributed by atoms with Crippen LogP contribution >= 0.6 is 23.1 Å². The summed E-state index contributed by atoms with van der Waals surface area (Å²) in [5, 5.41) is 13.4. The van der Waals surface area contributed by atoms with Crippen LogP contribution in [-0.2, 0) is 17.6 Å². The summed E-state index contributed by atoms with van der Waals surface area (Å²) < 4.78 is 0. The van der Waals surface area contributed by atoms with E-state index in [-0.39, 0.29) is 11.7 Å². The molecule has 2 heterocycles. The summed E-state index contributed by atoms with van der Waals surface area (Å²) in [7, 11) is 0. The molecule has 1 N–H and O–H groups in total. The Labute approximate surface area is 143 Å². The Morgan fingerprint density at radius 3 is 3.00 bits per heavy atom. The van der Waals surface area contributed by atoms with Crippen LogP contribution in [0, 0.1) is 25.2 Å². The Morgan fingerprint density at radius 2 is 2.26 bits per heavy atom. The van der Waals surface area contributed by atoms with E-state index in [9.17, 15) is 10.1 Å². The van der Waals surface area contributed by atoms with Crippen molar-refractivity contribution < 1.29 is 4.79 Å². The number of fused-ring (bicyclic) bond motifs is 1. The van der Waals surface area contributed by atoms with Gasteiger partial charge < -0.3 is 5.32 Å². The maximum absolute atomic E-state index is 12.1. The van der Waals surface area contributed by atoms with E-state index in [1.165, 1.54) is 16.6 Å². The smallest absolute Gasteiger partial charge is 0.236 e. The lowest BCUT2D eigenvalue weighted by Gasteiger charge is -2.07. The molecule has 5 nitrogen and oxygen atoms in total. The van der Waals surface area contributed by atoms with Gasteiger partial charge in [0.1, 0.15) is 11.1 Å². The van der Waals surface area contributed by atoms with Crippen molar-refractivity contribution in [3.8, 4) is 6.07 Å². The van der Waals surface area contributed by atoms with Crippen LogP contribution in [0.2, 0.25) is 0 Å². The molecule has 1 amide bonds. The SMILES string of the molecule is Cc1cc(C)c(C#N)c(SCC(=O)Nc2nc3c(s2)CCC3)n1. The topological polar surface area (TPSA) is 78.7 Å². The number of thioether (sulfide) groups is 1. The van der Waals surface area contributed by atoms with Gasteiger partial charge in [0.05, 0.1) is 17.0 Å². The fourth-order valence-electron chi connectivity index (χ4n) is 2.58. The summed E-state index contributed by atoms with van der Waals surface area (Å²) in [6.45, 7) is 3.77. The van der Waals surface area contributed by atoms with Crippen LogP contribution < -0.4 is 5.32 Å². The summed E-state index contributed by atoms with van der Waals surface area (Å²) in [6, 6.07) is 4.04. The number of pyridine rings is 1. The molecule has 0 fully saturated rings. The van der Waals surface area contributed by atoms with Crippen molar-refractivity contribution in [1.29, 1.82) is 5.26 Å². The average molecular weight is 344 g/mol. The van der Waals surface area contributed by atoms with E-state index in [1.807, 2.05) is 19.9 Å². The molecule has 0 saturated heterocycles. The van der Waals surface area contributed by atoms with Crippen LogP contribution in [0.4, 0.5) is 5.13 Å². The number of aryl methyl sites for hydroxylation is 4. The molecule has 23 heavy (non-hydrogen) atoms. The maximum atomic E-state index is 12.1. The largest absolute Gasteiger partial charge is 0.301 e. The lowest BCUT2D eigenvalue weighted by atomic mass is 10.1. The number of anilines is 1. The first-order valence-electron chi connectivity index (χ1n) is 7.36. The highest BCUT2D eigenvalue weighted by molar-refractivity contribution is 8.00. The summed E-state index contributed by atoms with van der Waals surface area (Å²) in [5.41, 5.74) is 3.40. The maximum Gasteiger partial charge on any atom is 0.236 e. The van der Waals surface area contributed by atoms with Crippen LogP contribution in [0.3, 0.4) is 0 Å². The Kier molecular flexibility index (Phi) is 4.64. The van der Waals surface area contributed by atoms with Gasteiger partial charge in [-0.1, -0.05) is 11.8 Å². The van der Waals surface area contributed by atoms with Crippen LogP contribution in [0.1, 0.15) is 33.8 Å². The standard InChI is InChI=1S/C16H16N4OS2/c1-9-6-10(2)18-15(11(9)7-17)22-8-14(21)20-16-19-12-4-3-5-13(12)23-16/h6H,3-5,8H2,1-2H3,(H,19,20,21). The number of rotatable bonds is 4. The highest BCUT2D eigenvalue weighted by Gasteiger charge is 2.18. The van der Waals surface area contributed by atoms with Gasteiger partial charge in [-0.05, 0) is 44.7 Å². The third-order valence-electron chi connectivity index (χ3n) is 3.61. The number of thiazole rings is 1. The van der Waals surface area contributed by atoms with Gasteiger partial charge in [0.2, 0.25) is 5.91 Å². The molecule has 0 aromatic carbocycles. The van der Waals surface area contributed by atoms with Crippen molar-refractivity contribution in [3.05, 3.63) is 33.5 Å². The lowest BCUT2D eigenvalue weighted by Crippen LogP contribution is -2.14.